The first-order valence-corrected chi connectivity index (χ1v) is 4.94. The molecule has 0 bridgehead atoms. The van der Waals surface area contributed by atoms with Crippen LogP contribution in [0.1, 0.15) is 25.5 Å². The molecule has 0 aliphatic heterocycles. The summed E-state index contributed by atoms with van der Waals surface area (Å²) in [5.41, 5.74) is 7.79. The third kappa shape index (κ3) is 1.69. The molecular weight excluding hydrogens is 206 g/mol. The molecule has 6 heteroatoms. The van der Waals surface area contributed by atoms with Crippen molar-refractivity contribution in [1.29, 1.82) is 5.41 Å². The molecule has 2 aromatic rings. The van der Waals surface area contributed by atoms with E-state index < -0.39 is 0 Å². The lowest BCUT2D eigenvalue weighted by Gasteiger charge is -2.01. The zero-order chi connectivity index (χ0) is 11.7. The van der Waals surface area contributed by atoms with Gasteiger partial charge in [-0.3, -0.25) is 5.41 Å². The number of nitrogens with two attached hydrogens (primary N) is 1. The van der Waals surface area contributed by atoms with Crippen molar-refractivity contribution in [3.05, 3.63) is 24.2 Å². The Balaban J connectivity index is 2.55. The van der Waals surface area contributed by atoms with Crippen LogP contribution in [0.25, 0.3) is 11.3 Å². The lowest BCUT2D eigenvalue weighted by Crippen LogP contribution is -2.21. The van der Waals surface area contributed by atoms with Crippen LogP contribution in [0.4, 0.5) is 0 Å². The van der Waals surface area contributed by atoms with Gasteiger partial charge in [0.05, 0.1) is 5.69 Å². The van der Waals surface area contributed by atoms with Crippen LogP contribution in [0.5, 0.6) is 0 Å². The van der Waals surface area contributed by atoms with Crippen LogP contribution in [0.2, 0.25) is 0 Å². The highest BCUT2D eigenvalue weighted by Crippen LogP contribution is 2.26. The number of hydrogen-bond acceptors (Lipinski definition) is 4. The van der Waals surface area contributed by atoms with Crippen LogP contribution >= 0.6 is 0 Å². The molecular formula is C10H13N5O. The predicted octanol–water partition coefficient (Wildman–Crippen LogP) is 1.40. The van der Waals surface area contributed by atoms with Crippen LogP contribution < -0.4 is 5.73 Å². The summed E-state index contributed by atoms with van der Waals surface area (Å²) in [6.07, 6.45) is 3.19. The number of aromatic nitrogens is 3. The summed E-state index contributed by atoms with van der Waals surface area (Å²) in [5.74, 6) is 0.115. The van der Waals surface area contributed by atoms with Crippen LogP contribution in [-0.4, -0.2) is 20.9 Å². The average Bonchev–Trinajstić information content (AvgIpc) is 2.86. The molecule has 0 aliphatic rings. The first-order valence-electron chi connectivity index (χ1n) is 4.94. The van der Waals surface area contributed by atoms with Crippen LogP contribution in [0.3, 0.4) is 0 Å². The van der Waals surface area contributed by atoms with Gasteiger partial charge in [0, 0.05) is 17.8 Å². The summed E-state index contributed by atoms with van der Waals surface area (Å²) in [6.45, 7) is 4.05. The summed E-state index contributed by atoms with van der Waals surface area (Å²) >= 11 is 0. The number of nitrogen functional groups attached to an aromatic ring is 1. The summed E-state index contributed by atoms with van der Waals surface area (Å²) in [6, 6.07) is 1.76. The molecule has 0 aromatic carbocycles. The Morgan fingerprint density at radius 1 is 1.56 bits per heavy atom. The molecule has 0 fully saturated rings. The Bertz CT molecular complexity index is 497. The topological polar surface area (TPSA) is 93.7 Å². The quantitative estimate of drug-likeness (QED) is 0.589. The van der Waals surface area contributed by atoms with Crippen LogP contribution in [-0.2, 0) is 0 Å². The lowest BCUT2D eigenvalue weighted by molar-refractivity contribution is 0.422. The fourth-order valence-electron chi connectivity index (χ4n) is 1.49. The van der Waals surface area contributed by atoms with Crippen molar-refractivity contribution in [2.75, 3.05) is 0 Å². The normalized spacial score (nSPS) is 10.9. The van der Waals surface area contributed by atoms with E-state index in [2.05, 4.69) is 10.3 Å². The SMILES string of the molecule is CC(C)c1nn(C(=N)N)cc1-c1ccon1. The smallest absolute Gasteiger partial charge is 0.213 e. The number of hydrogen-bond donors (Lipinski definition) is 2. The van der Waals surface area contributed by atoms with Gasteiger partial charge in [-0.25, -0.2) is 4.68 Å². The van der Waals surface area contributed by atoms with E-state index in [1.807, 2.05) is 13.8 Å². The maximum atomic E-state index is 7.35. The van der Waals surface area contributed by atoms with Gasteiger partial charge in [-0.1, -0.05) is 19.0 Å². The van der Waals surface area contributed by atoms with Crippen molar-refractivity contribution in [2.24, 2.45) is 5.73 Å². The third-order valence-corrected chi connectivity index (χ3v) is 2.25. The number of nitrogens with zero attached hydrogens (tertiary/aromatic N) is 3. The predicted molar refractivity (Wildman–Crippen MR) is 59.1 cm³/mol. The molecule has 84 valence electrons. The van der Waals surface area contributed by atoms with Crippen molar-refractivity contribution in [2.45, 2.75) is 19.8 Å². The fourth-order valence-corrected chi connectivity index (χ4v) is 1.49. The van der Waals surface area contributed by atoms with E-state index in [0.29, 0.717) is 5.69 Å². The van der Waals surface area contributed by atoms with Crippen molar-refractivity contribution >= 4 is 5.96 Å². The standard InChI is InChI=1S/C10H13N5O/c1-6(2)9-7(8-3-4-16-14-8)5-15(13-9)10(11)12/h3-6H,1-2H3,(H3,11,12). The van der Waals surface area contributed by atoms with Gasteiger partial charge >= 0.3 is 0 Å². The third-order valence-electron chi connectivity index (χ3n) is 2.25. The Hall–Kier alpha value is -2.11. The van der Waals surface area contributed by atoms with Crippen LogP contribution in [0.15, 0.2) is 23.0 Å². The van der Waals surface area contributed by atoms with Gasteiger partial charge in [0.25, 0.3) is 0 Å². The van der Waals surface area contributed by atoms with Crippen molar-refractivity contribution < 1.29 is 4.52 Å². The minimum atomic E-state index is -0.114. The van der Waals surface area contributed by atoms with Crippen molar-refractivity contribution in [3.63, 3.8) is 0 Å². The molecule has 2 aromatic heterocycles. The number of rotatable bonds is 2. The second-order valence-electron chi connectivity index (χ2n) is 3.80. The molecule has 6 nitrogen and oxygen atoms in total. The Labute approximate surface area is 92.5 Å². The van der Waals surface area contributed by atoms with E-state index in [9.17, 15) is 0 Å². The molecule has 0 atom stereocenters. The van der Waals surface area contributed by atoms with E-state index in [4.69, 9.17) is 15.7 Å². The van der Waals surface area contributed by atoms with Gasteiger partial charge in [0.15, 0.2) is 0 Å². The molecule has 0 radical (unpaired) electrons. The molecule has 0 saturated heterocycles. The van der Waals surface area contributed by atoms with E-state index in [0.717, 1.165) is 11.3 Å². The van der Waals surface area contributed by atoms with Gasteiger partial charge < -0.3 is 10.3 Å². The first-order chi connectivity index (χ1) is 7.59. The molecule has 2 rings (SSSR count). The Morgan fingerprint density at radius 3 is 2.81 bits per heavy atom. The van der Waals surface area contributed by atoms with Crippen LogP contribution in [0, 0.1) is 5.41 Å². The molecule has 0 unspecified atom stereocenters. The molecule has 0 saturated carbocycles. The highest BCUT2D eigenvalue weighted by Gasteiger charge is 2.16. The van der Waals surface area contributed by atoms with E-state index in [-0.39, 0.29) is 11.9 Å². The summed E-state index contributed by atoms with van der Waals surface area (Å²) in [5, 5.41) is 15.5. The average molecular weight is 219 g/mol. The van der Waals surface area contributed by atoms with Gasteiger partial charge in [0.1, 0.15) is 12.0 Å². The van der Waals surface area contributed by atoms with E-state index in [1.54, 1.807) is 12.3 Å². The second-order valence-corrected chi connectivity index (χ2v) is 3.80. The maximum Gasteiger partial charge on any atom is 0.213 e. The molecule has 0 amide bonds. The summed E-state index contributed by atoms with van der Waals surface area (Å²) < 4.78 is 6.13. The molecule has 3 N–H and O–H groups in total. The van der Waals surface area contributed by atoms with Gasteiger partial charge in [-0.05, 0) is 5.92 Å². The summed E-state index contributed by atoms with van der Waals surface area (Å²) in [4.78, 5) is 0. The van der Waals surface area contributed by atoms with Gasteiger partial charge in [-0.15, -0.1) is 0 Å². The van der Waals surface area contributed by atoms with Gasteiger partial charge in [-0.2, -0.15) is 5.10 Å². The molecule has 0 spiro atoms. The molecule has 0 aliphatic carbocycles. The van der Waals surface area contributed by atoms with Crippen molar-refractivity contribution in [1.82, 2.24) is 14.9 Å². The zero-order valence-electron chi connectivity index (χ0n) is 9.14. The first kappa shape index (κ1) is 10.4. The van der Waals surface area contributed by atoms with E-state index >= 15 is 0 Å². The minimum Gasteiger partial charge on any atom is -0.368 e. The molecule has 16 heavy (non-hydrogen) atoms. The van der Waals surface area contributed by atoms with E-state index in [1.165, 1.54) is 10.9 Å². The lowest BCUT2D eigenvalue weighted by atomic mass is 10.0. The van der Waals surface area contributed by atoms with Crippen molar-refractivity contribution in [3.8, 4) is 11.3 Å². The highest BCUT2D eigenvalue weighted by atomic mass is 16.5. The minimum absolute atomic E-state index is 0.114. The monoisotopic (exact) mass is 219 g/mol. The maximum absolute atomic E-state index is 7.35. The zero-order valence-corrected chi connectivity index (χ0v) is 9.14. The Kier molecular flexibility index (Phi) is 2.47. The highest BCUT2D eigenvalue weighted by molar-refractivity contribution is 5.78. The Morgan fingerprint density at radius 2 is 2.31 bits per heavy atom. The fraction of sp³-hybridized carbons (Fsp3) is 0.300. The second kappa shape index (κ2) is 3.80. The largest absolute Gasteiger partial charge is 0.368 e. The molecule has 2 heterocycles. The number of nitrogens with one attached hydrogen (secondary N) is 1. The van der Waals surface area contributed by atoms with Gasteiger partial charge in [0.2, 0.25) is 5.96 Å². The summed E-state index contributed by atoms with van der Waals surface area (Å²) in [7, 11) is 0.